The first-order valence-corrected chi connectivity index (χ1v) is 6.27. The fourth-order valence-electron chi connectivity index (χ4n) is 2.73. The molecule has 1 atom stereocenters. The Balaban J connectivity index is 1.95. The van der Waals surface area contributed by atoms with E-state index in [4.69, 9.17) is 10.5 Å². The average molecular weight is 234 g/mol. The van der Waals surface area contributed by atoms with Crippen LogP contribution in [0, 0.1) is 0 Å². The lowest BCUT2D eigenvalue weighted by Crippen LogP contribution is -2.45. The number of hydrogen-bond acceptors (Lipinski definition) is 5. The molecule has 0 spiro atoms. The van der Waals surface area contributed by atoms with Crippen molar-refractivity contribution in [3.8, 4) is 0 Å². The van der Waals surface area contributed by atoms with Crippen LogP contribution in [-0.4, -0.2) is 29.1 Å². The van der Waals surface area contributed by atoms with Gasteiger partial charge in [0.15, 0.2) is 0 Å². The van der Waals surface area contributed by atoms with E-state index in [9.17, 15) is 0 Å². The Morgan fingerprint density at radius 3 is 3.18 bits per heavy atom. The summed E-state index contributed by atoms with van der Waals surface area (Å²) in [6, 6.07) is 0.420. The maximum Gasteiger partial charge on any atom is 0.138 e. The zero-order valence-corrected chi connectivity index (χ0v) is 9.93. The van der Waals surface area contributed by atoms with Crippen molar-refractivity contribution in [2.45, 2.75) is 38.5 Å². The summed E-state index contributed by atoms with van der Waals surface area (Å²) in [5.74, 6) is 1.04. The summed E-state index contributed by atoms with van der Waals surface area (Å²) < 4.78 is 5.45. The molecular weight excluding hydrogens is 216 g/mol. The van der Waals surface area contributed by atoms with E-state index in [0.717, 1.165) is 30.0 Å². The summed E-state index contributed by atoms with van der Waals surface area (Å²) in [7, 11) is 0. The summed E-state index contributed by atoms with van der Waals surface area (Å²) in [5, 5.41) is 0. The maximum absolute atomic E-state index is 5.86. The molecule has 0 aliphatic carbocycles. The first kappa shape index (κ1) is 10.9. The summed E-state index contributed by atoms with van der Waals surface area (Å²) in [6.07, 6.45) is 5.29. The van der Waals surface area contributed by atoms with E-state index in [1.165, 1.54) is 12.8 Å². The van der Waals surface area contributed by atoms with Crippen molar-refractivity contribution >= 4 is 5.82 Å². The van der Waals surface area contributed by atoms with Gasteiger partial charge >= 0.3 is 0 Å². The monoisotopic (exact) mass is 234 g/mol. The average Bonchev–Trinajstić information content (AvgIpc) is 2.86. The van der Waals surface area contributed by atoms with E-state index in [1.54, 1.807) is 6.33 Å². The molecule has 1 saturated heterocycles. The highest BCUT2D eigenvalue weighted by molar-refractivity contribution is 5.50. The number of anilines is 1. The first-order chi connectivity index (χ1) is 8.40. The highest BCUT2D eigenvalue weighted by atomic mass is 16.5. The van der Waals surface area contributed by atoms with Gasteiger partial charge in [-0.1, -0.05) is 0 Å². The Bertz CT molecular complexity index is 409. The van der Waals surface area contributed by atoms with E-state index >= 15 is 0 Å². The summed E-state index contributed by atoms with van der Waals surface area (Å²) in [5.41, 5.74) is 8.06. The number of fused-ring (bicyclic) bond motifs is 1. The van der Waals surface area contributed by atoms with Gasteiger partial charge in [0.25, 0.3) is 0 Å². The summed E-state index contributed by atoms with van der Waals surface area (Å²) in [4.78, 5) is 11.1. The molecule has 1 aromatic heterocycles. The first-order valence-electron chi connectivity index (χ1n) is 6.27. The second kappa shape index (κ2) is 4.58. The Morgan fingerprint density at radius 1 is 1.35 bits per heavy atom. The van der Waals surface area contributed by atoms with E-state index in [1.807, 2.05) is 0 Å². The van der Waals surface area contributed by atoms with Gasteiger partial charge in [0.2, 0.25) is 0 Å². The maximum atomic E-state index is 5.86. The number of piperidine rings is 1. The highest BCUT2D eigenvalue weighted by Gasteiger charge is 2.27. The Labute approximate surface area is 101 Å². The number of nitrogens with two attached hydrogens (primary N) is 1. The van der Waals surface area contributed by atoms with Crippen LogP contribution in [0.2, 0.25) is 0 Å². The molecular formula is C12H18N4O. The third-order valence-electron chi connectivity index (χ3n) is 3.67. The van der Waals surface area contributed by atoms with Crippen molar-refractivity contribution in [2.24, 2.45) is 5.73 Å². The number of hydrogen-bond donors (Lipinski definition) is 1. The van der Waals surface area contributed by atoms with Crippen LogP contribution < -0.4 is 10.6 Å². The van der Waals surface area contributed by atoms with Crippen LogP contribution in [0.3, 0.4) is 0 Å². The standard InChI is InChI=1S/C12H18N4O/c13-5-9-3-1-2-4-16(9)12-10-6-17-7-11(10)14-8-15-12/h8-9H,1-7,13H2. The van der Waals surface area contributed by atoms with E-state index < -0.39 is 0 Å². The van der Waals surface area contributed by atoms with Gasteiger partial charge in [-0.25, -0.2) is 9.97 Å². The Hall–Kier alpha value is -1.20. The number of aromatic nitrogens is 2. The van der Waals surface area contributed by atoms with Crippen molar-refractivity contribution in [1.82, 2.24) is 9.97 Å². The second-order valence-corrected chi connectivity index (χ2v) is 4.69. The van der Waals surface area contributed by atoms with E-state index in [0.29, 0.717) is 25.8 Å². The number of nitrogens with zero attached hydrogens (tertiary/aromatic N) is 3. The molecule has 2 N–H and O–H groups in total. The lowest BCUT2D eigenvalue weighted by atomic mass is 10.0. The van der Waals surface area contributed by atoms with Gasteiger partial charge in [0.1, 0.15) is 12.1 Å². The fourth-order valence-corrected chi connectivity index (χ4v) is 2.73. The molecule has 5 heteroatoms. The molecule has 1 fully saturated rings. The molecule has 0 radical (unpaired) electrons. The smallest absolute Gasteiger partial charge is 0.138 e. The van der Waals surface area contributed by atoms with Gasteiger partial charge in [0.05, 0.1) is 18.9 Å². The predicted molar refractivity (Wildman–Crippen MR) is 64.6 cm³/mol. The lowest BCUT2D eigenvalue weighted by molar-refractivity contribution is 0.133. The minimum atomic E-state index is 0.420. The highest BCUT2D eigenvalue weighted by Crippen LogP contribution is 2.30. The van der Waals surface area contributed by atoms with Gasteiger partial charge in [-0.2, -0.15) is 0 Å². The zero-order chi connectivity index (χ0) is 11.7. The molecule has 1 unspecified atom stereocenters. The predicted octanol–water partition coefficient (Wildman–Crippen LogP) is 0.824. The third-order valence-corrected chi connectivity index (χ3v) is 3.67. The van der Waals surface area contributed by atoms with Crippen molar-refractivity contribution < 1.29 is 4.74 Å². The van der Waals surface area contributed by atoms with Crippen LogP contribution in [0.25, 0.3) is 0 Å². The number of rotatable bonds is 2. The van der Waals surface area contributed by atoms with Gasteiger partial charge in [0, 0.05) is 24.7 Å². The molecule has 3 heterocycles. The molecule has 17 heavy (non-hydrogen) atoms. The quantitative estimate of drug-likeness (QED) is 0.821. The van der Waals surface area contributed by atoms with Crippen LogP contribution in [0.1, 0.15) is 30.5 Å². The van der Waals surface area contributed by atoms with Gasteiger partial charge in [-0.05, 0) is 19.3 Å². The van der Waals surface area contributed by atoms with E-state index in [-0.39, 0.29) is 0 Å². The van der Waals surface area contributed by atoms with Crippen LogP contribution >= 0.6 is 0 Å². The molecule has 92 valence electrons. The van der Waals surface area contributed by atoms with Gasteiger partial charge < -0.3 is 15.4 Å². The van der Waals surface area contributed by atoms with Crippen molar-refractivity contribution in [3.63, 3.8) is 0 Å². The van der Waals surface area contributed by atoms with Crippen LogP contribution in [-0.2, 0) is 18.0 Å². The number of ether oxygens (including phenoxy) is 1. The molecule has 0 saturated carbocycles. The SMILES string of the molecule is NCC1CCCCN1c1ncnc2c1COC2. The summed E-state index contributed by atoms with van der Waals surface area (Å²) >= 11 is 0. The minimum absolute atomic E-state index is 0.420. The van der Waals surface area contributed by atoms with Crippen molar-refractivity contribution in [2.75, 3.05) is 18.0 Å². The Kier molecular flexibility index (Phi) is 2.94. The van der Waals surface area contributed by atoms with E-state index in [2.05, 4.69) is 14.9 Å². The largest absolute Gasteiger partial charge is 0.370 e. The van der Waals surface area contributed by atoms with Gasteiger partial charge in [-0.3, -0.25) is 0 Å². The third kappa shape index (κ3) is 1.89. The van der Waals surface area contributed by atoms with Crippen molar-refractivity contribution in [1.29, 1.82) is 0 Å². The molecule has 5 nitrogen and oxygen atoms in total. The van der Waals surface area contributed by atoms with Crippen molar-refractivity contribution in [3.05, 3.63) is 17.6 Å². The van der Waals surface area contributed by atoms with Crippen LogP contribution in [0.5, 0.6) is 0 Å². The van der Waals surface area contributed by atoms with Crippen LogP contribution in [0.4, 0.5) is 5.82 Å². The topological polar surface area (TPSA) is 64.3 Å². The van der Waals surface area contributed by atoms with Gasteiger partial charge in [-0.15, -0.1) is 0 Å². The molecule has 2 aliphatic heterocycles. The summed E-state index contributed by atoms with van der Waals surface area (Å²) in [6.45, 7) is 3.00. The molecule has 0 amide bonds. The molecule has 1 aromatic rings. The Morgan fingerprint density at radius 2 is 2.29 bits per heavy atom. The molecule has 3 rings (SSSR count). The zero-order valence-electron chi connectivity index (χ0n) is 9.93. The normalized spacial score (nSPS) is 23.8. The molecule has 2 aliphatic rings. The minimum Gasteiger partial charge on any atom is -0.370 e. The molecule has 0 aromatic carbocycles. The second-order valence-electron chi connectivity index (χ2n) is 4.69. The molecule has 0 bridgehead atoms. The van der Waals surface area contributed by atoms with Crippen LogP contribution in [0.15, 0.2) is 6.33 Å². The lowest BCUT2D eigenvalue weighted by Gasteiger charge is -2.36. The fraction of sp³-hybridized carbons (Fsp3) is 0.667.